The van der Waals surface area contributed by atoms with Crippen LogP contribution in [0.5, 0.6) is 17.2 Å². The minimum atomic E-state index is -0.121. The van der Waals surface area contributed by atoms with Gasteiger partial charge in [-0.3, -0.25) is 14.5 Å². The summed E-state index contributed by atoms with van der Waals surface area (Å²) in [4.78, 5) is 27.1. The molecular formula is C23H29N3O5. The first-order chi connectivity index (χ1) is 15.0. The highest BCUT2D eigenvalue weighted by atomic mass is 16.5. The molecule has 0 saturated carbocycles. The Hall–Kier alpha value is -3.26. The molecule has 0 aromatic heterocycles. The second kappa shape index (κ2) is 10.7. The summed E-state index contributed by atoms with van der Waals surface area (Å²) in [5.74, 6) is 1.77. The Kier molecular flexibility index (Phi) is 7.72. The molecule has 31 heavy (non-hydrogen) atoms. The standard InChI is InChI=1S/C23H29N3O5/c1-29-18-6-4-17(5-7-18)24-23(28)16-10-12-26(13-11-16)15-22(27)25-20-9-8-19(30-2)14-21(20)31-3/h4-9,14,16H,10-13,15H2,1-3H3,(H,24,28)(H,25,27). The van der Waals surface area contributed by atoms with Gasteiger partial charge in [0, 0.05) is 17.7 Å². The molecule has 8 heteroatoms. The lowest BCUT2D eigenvalue weighted by atomic mass is 9.96. The van der Waals surface area contributed by atoms with Gasteiger partial charge in [0.15, 0.2) is 0 Å². The van der Waals surface area contributed by atoms with E-state index >= 15 is 0 Å². The molecule has 2 amide bonds. The summed E-state index contributed by atoms with van der Waals surface area (Å²) in [5, 5.41) is 5.84. The molecule has 1 aliphatic heterocycles. The number of rotatable bonds is 8. The lowest BCUT2D eigenvalue weighted by molar-refractivity contribution is -0.121. The van der Waals surface area contributed by atoms with Gasteiger partial charge in [0.2, 0.25) is 11.8 Å². The quantitative estimate of drug-likeness (QED) is 0.673. The van der Waals surface area contributed by atoms with E-state index in [1.807, 2.05) is 24.3 Å². The molecule has 0 unspecified atom stereocenters. The normalized spacial score (nSPS) is 14.5. The van der Waals surface area contributed by atoms with Crippen LogP contribution >= 0.6 is 0 Å². The lowest BCUT2D eigenvalue weighted by Crippen LogP contribution is -2.41. The van der Waals surface area contributed by atoms with Gasteiger partial charge >= 0.3 is 0 Å². The van der Waals surface area contributed by atoms with Gasteiger partial charge in [-0.05, 0) is 62.3 Å². The van der Waals surface area contributed by atoms with E-state index in [9.17, 15) is 9.59 Å². The van der Waals surface area contributed by atoms with Crippen LogP contribution in [-0.2, 0) is 9.59 Å². The van der Waals surface area contributed by atoms with Crippen LogP contribution in [0.15, 0.2) is 42.5 Å². The van der Waals surface area contributed by atoms with Crippen molar-refractivity contribution in [2.24, 2.45) is 5.92 Å². The molecule has 1 saturated heterocycles. The van der Waals surface area contributed by atoms with Crippen molar-refractivity contribution in [1.29, 1.82) is 0 Å². The van der Waals surface area contributed by atoms with Crippen LogP contribution < -0.4 is 24.8 Å². The molecule has 0 spiro atoms. The van der Waals surface area contributed by atoms with E-state index < -0.39 is 0 Å². The lowest BCUT2D eigenvalue weighted by Gasteiger charge is -2.30. The molecule has 1 heterocycles. The van der Waals surface area contributed by atoms with Gasteiger partial charge < -0.3 is 24.8 Å². The maximum Gasteiger partial charge on any atom is 0.238 e. The molecule has 3 rings (SSSR count). The van der Waals surface area contributed by atoms with E-state index in [0.717, 1.165) is 11.4 Å². The number of amides is 2. The van der Waals surface area contributed by atoms with Gasteiger partial charge in [-0.15, -0.1) is 0 Å². The first-order valence-electron chi connectivity index (χ1n) is 10.2. The Morgan fingerprint density at radius 2 is 1.55 bits per heavy atom. The molecule has 2 N–H and O–H groups in total. The fourth-order valence-corrected chi connectivity index (χ4v) is 3.57. The molecule has 2 aromatic rings. The number of carbonyl (C=O) groups excluding carboxylic acids is 2. The first-order valence-corrected chi connectivity index (χ1v) is 10.2. The van der Waals surface area contributed by atoms with Gasteiger partial charge in [-0.1, -0.05) is 0 Å². The van der Waals surface area contributed by atoms with E-state index in [2.05, 4.69) is 15.5 Å². The largest absolute Gasteiger partial charge is 0.497 e. The zero-order chi connectivity index (χ0) is 22.2. The van der Waals surface area contributed by atoms with Gasteiger partial charge in [0.05, 0.1) is 33.6 Å². The second-order valence-corrected chi connectivity index (χ2v) is 7.38. The average Bonchev–Trinajstić information content (AvgIpc) is 2.80. The average molecular weight is 428 g/mol. The molecule has 1 fully saturated rings. The van der Waals surface area contributed by atoms with Crippen molar-refractivity contribution in [3.8, 4) is 17.2 Å². The molecule has 166 valence electrons. The Morgan fingerprint density at radius 3 is 2.16 bits per heavy atom. The van der Waals surface area contributed by atoms with E-state index in [1.165, 1.54) is 0 Å². The summed E-state index contributed by atoms with van der Waals surface area (Å²) in [5.41, 5.74) is 1.35. The Bertz CT molecular complexity index is 893. The number of methoxy groups -OCH3 is 3. The predicted molar refractivity (Wildman–Crippen MR) is 119 cm³/mol. The Labute approximate surface area is 182 Å². The number of likely N-dealkylation sites (tertiary alicyclic amines) is 1. The number of piperidine rings is 1. The van der Waals surface area contributed by atoms with Gasteiger partial charge in [-0.2, -0.15) is 0 Å². The Balaban J connectivity index is 1.46. The fraction of sp³-hybridized carbons (Fsp3) is 0.391. The van der Waals surface area contributed by atoms with Crippen LogP contribution in [0, 0.1) is 5.92 Å². The number of nitrogens with one attached hydrogen (secondary N) is 2. The molecule has 2 aromatic carbocycles. The number of carbonyl (C=O) groups is 2. The highest BCUT2D eigenvalue weighted by Gasteiger charge is 2.26. The highest BCUT2D eigenvalue weighted by molar-refractivity contribution is 5.94. The molecule has 0 aliphatic carbocycles. The minimum absolute atomic E-state index is 0.0113. The summed E-state index contributed by atoms with van der Waals surface area (Å²) < 4.78 is 15.6. The third-order valence-corrected chi connectivity index (χ3v) is 5.37. The summed E-state index contributed by atoms with van der Waals surface area (Å²) >= 11 is 0. The smallest absolute Gasteiger partial charge is 0.238 e. The molecule has 0 atom stereocenters. The summed E-state index contributed by atoms with van der Waals surface area (Å²) in [6, 6.07) is 12.5. The van der Waals surface area contributed by atoms with E-state index in [4.69, 9.17) is 14.2 Å². The molecular weight excluding hydrogens is 398 g/mol. The van der Waals surface area contributed by atoms with Crippen molar-refractivity contribution in [3.63, 3.8) is 0 Å². The zero-order valence-corrected chi connectivity index (χ0v) is 18.1. The number of ether oxygens (including phenoxy) is 3. The van der Waals surface area contributed by atoms with Gasteiger partial charge in [0.1, 0.15) is 17.2 Å². The van der Waals surface area contributed by atoms with Gasteiger partial charge in [-0.25, -0.2) is 0 Å². The minimum Gasteiger partial charge on any atom is -0.497 e. The van der Waals surface area contributed by atoms with Crippen LogP contribution in [0.25, 0.3) is 0 Å². The number of hydrogen-bond donors (Lipinski definition) is 2. The summed E-state index contributed by atoms with van der Waals surface area (Å²) in [7, 11) is 4.73. The molecule has 0 bridgehead atoms. The molecule has 8 nitrogen and oxygen atoms in total. The van der Waals surface area contributed by atoms with E-state index in [0.29, 0.717) is 43.1 Å². The first kappa shape index (κ1) is 22.4. The van der Waals surface area contributed by atoms with Crippen molar-refractivity contribution in [1.82, 2.24) is 4.90 Å². The van der Waals surface area contributed by atoms with E-state index in [-0.39, 0.29) is 24.3 Å². The van der Waals surface area contributed by atoms with Crippen molar-refractivity contribution >= 4 is 23.2 Å². The monoisotopic (exact) mass is 427 g/mol. The van der Waals surface area contributed by atoms with Crippen LogP contribution in [0.3, 0.4) is 0 Å². The van der Waals surface area contributed by atoms with Crippen molar-refractivity contribution < 1.29 is 23.8 Å². The summed E-state index contributed by atoms with van der Waals surface area (Å²) in [6.45, 7) is 1.64. The topological polar surface area (TPSA) is 89.1 Å². The SMILES string of the molecule is COc1ccc(NC(=O)C2CCN(CC(=O)Nc3ccc(OC)cc3OC)CC2)cc1. The molecule has 0 radical (unpaired) electrons. The van der Waals surface area contributed by atoms with Gasteiger partial charge in [0.25, 0.3) is 0 Å². The molecule has 1 aliphatic rings. The Morgan fingerprint density at radius 1 is 0.903 bits per heavy atom. The maximum absolute atomic E-state index is 12.6. The van der Waals surface area contributed by atoms with Crippen LogP contribution in [0.4, 0.5) is 11.4 Å². The predicted octanol–water partition coefficient (Wildman–Crippen LogP) is 3.00. The summed E-state index contributed by atoms with van der Waals surface area (Å²) in [6.07, 6.45) is 1.42. The van der Waals surface area contributed by atoms with Crippen LogP contribution in [0.2, 0.25) is 0 Å². The number of benzene rings is 2. The second-order valence-electron chi connectivity index (χ2n) is 7.38. The van der Waals surface area contributed by atoms with Crippen molar-refractivity contribution in [2.45, 2.75) is 12.8 Å². The van der Waals surface area contributed by atoms with Crippen LogP contribution in [-0.4, -0.2) is 57.7 Å². The third-order valence-electron chi connectivity index (χ3n) is 5.37. The van der Waals surface area contributed by atoms with Crippen molar-refractivity contribution in [3.05, 3.63) is 42.5 Å². The number of hydrogen-bond acceptors (Lipinski definition) is 6. The number of anilines is 2. The van der Waals surface area contributed by atoms with E-state index in [1.54, 1.807) is 39.5 Å². The third kappa shape index (κ3) is 6.11. The highest BCUT2D eigenvalue weighted by Crippen LogP contribution is 2.29. The zero-order valence-electron chi connectivity index (χ0n) is 18.1. The van der Waals surface area contributed by atoms with Crippen LogP contribution in [0.1, 0.15) is 12.8 Å². The number of nitrogens with zero attached hydrogens (tertiary/aromatic N) is 1. The van der Waals surface area contributed by atoms with Crippen molar-refractivity contribution in [2.75, 3.05) is 51.6 Å². The fourth-order valence-electron chi connectivity index (χ4n) is 3.57. The maximum atomic E-state index is 12.6.